The molecule has 0 aliphatic carbocycles. The fraction of sp³-hybridized carbons (Fsp3) is 0.429. The van der Waals surface area contributed by atoms with Crippen LogP contribution < -0.4 is 5.32 Å². The smallest absolute Gasteiger partial charge is 0.194 e. The molecular formula is C14H19N5S. The van der Waals surface area contributed by atoms with Crippen molar-refractivity contribution in [1.29, 1.82) is 0 Å². The first kappa shape index (κ1) is 14.7. The molecule has 0 amide bonds. The standard InChI is InChI=1S/C14H19N5S/c1-5-6-11-18-12(15-4)10(3)13(19-11)20-14-16-8-7-9(2)17-14/h7-8H,5-6H2,1-4H3,(H,15,18,19). The van der Waals surface area contributed by atoms with Crippen molar-refractivity contribution in [1.82, 2.24) is 19.9 Å². The summed E-state index contributed by atoms with van der Waals surface area (Å²) < 4.78 is 0. The molecule has 2 aromatic heterocycles. The summed E-state index contributed by atoms with van der Waals surface area (Å²) in [6.45, 7) is 6.10. The van der Waals surface area contributed by atoms with Gasteiger partial charge in [0, 0.05) is 30.9 Å². The van der Waals surface area contributed by atoms with Gasteiger partial charge in [-0.05, 0) is 38.1 Å². The van der Waals surface area contributed by atoms with Gasteiger partial charge in [0.2, 0.25) is 0 Å². The van der Waals surface area contributed by atoms with Crippen molar-refractivity contribution in [2.45, 2.75) is 43.8 Å². The Morgan fingerprint density at radius 1 is 1.20 bits per heavy atom. The molecule has 0 unspecified atom stereocenters. The topological polar surface area (TPSA) is 63.6 Å². The molecule has 0 aromatic carbocycles. The largest absolute Gasteiger partial charge is 0.373 e. The average Bonchev–Trinajstić information content (AvgIpc) is 2.42. The third-order valence-electron chi connectivity index (χ3n) is 2.82. The van der Waals surface area contributed by atoms with E-state index in [2.05, 4.69) is 32.2 Å². The van der Waals surface area contributed by atoms with Gasteiger partial charge in [-0.25, -0.2) is 19.9 Å². The quantitative estimate of drug-likeness (QED) is 0.674. The summed E-state index contributed by atoms with van der Waals surface area (Å²) in [7, 11) is 1.88. The highest BCUT2D eigenvalue weighted by atomic mass is 32.2. The van der Waals surface area contributed by atoms with E-state index in [-0.39, 0.29) is 0 Å². The van der Waals surface area contributed by atoms with E-state index in [1.807, 2.05) is 27.0 Å². The van der Waals surface area contributed by atoms with E-state index < -0.39 is 0 Å². The van der Waals surface area contributed by atoms with Crippen LogP contribution in [0.3, 0.4) is 0 Å². The van der Waals surface area contributed by atoms with Crippen LogP contribution in [0.1, 0.15) is 30.4 Å². The van der Waals surface area contributed by atoms with E-state index in [1.54, 1.807) is 6.20 Å². The molecule has 0 atom stereocenters. The van der Waals surface area contributed by atoms with Crippen LogP contribution in [0.4, 0.5) is 5.82 Å². The number of nitrogens with zero attached hydrogens (tertiary/aromatic N) is 4. The first-order valence-electron chi connectivity index (χ1n) is 6.66. The van der Waals surface area contributed by atoms with Gasteiger partial charge in [-0.2, -0.15) is 0 Å². The van der Waals surface area contributed by atoms with Crippen molar-refractivity contribution in [3.63, 3.8) is 0 Å². The van der Waals surface area contributed by atoms with Gasteiger partial charge < -0.3 is 5.32 Å². The van der Waals surface area contributed by atoms with Gasteiger partial charge >= 0.3 is 0 Å². The molecule has 2 aromatic rings. The fourth-order valence-electron chi connectivity index (χ4n) is 1.78. The molecule has 1 N–H and O–H groups in total. The lowest BCUT2D eigenvalue weighted by Crippen LogP contribution is -2.05. The van der Waals surface area contributed by atoms with E-state index in [0.717, 1.165) is 45.9 Å². The average molecular weight is 289 g/mol. The van der Waals surface area contributed by atoms with Crippen LogP contribution in [0.25, 0.3) is 0 Å². The lowest BCUT2D eigenvalue weighted by atomic mass is 10.3. The molecule has 0 bridgehead atoms. The van der Waals surface area contributed by atoms with Crippen LogP contribution in [0, 0.1) is 13.8 Å². The van der Waals surface area contributed by atoms with Gasteiger partial charge in [0.15, 0.2) is 5.16 Å². The number of aromatic nitrogens is 4. The zero-order chi connectivity index (χ0) is 14.5. The van der Waals surface area contributed by atoms with E-state index in [4.69, 9.17) is 0 Å². The molecule has 0 fully saturated rings. The SMILES string of the molecule is CCCc1nc(NC)c(C)c(Sc2nccc(C)n2)n1. The Kier molecular flexibility index (Phi) is 4.89. The maximum atomic E-state index is 4.63. The highest BCUT2D eigenvalue weighted by Crippen LogP contribution is 2.29. The molecule has 5 nitrogen and oxygen atoms in total. The minimum Gasteiger partial charge on any atom is -0.373 e. The second kappa shape index (κ2) is 6.65. The molecule has 0 saturated heterocycles. The molecule has 0 aliphatic heterocycles. The van der Waals surface area contributed by atoms with Crippen molar-refractivity contribution in [2.24, 2.45) is 0 Å². The summed E-state index contributed by atoms with van der Waals surface area (Å²) in [5, 5.41) is 4.76. The molecule has 0 radical (unpaired) electrons. The second-order valence-corrected chi connectivity index (χ2v) is 5.46. The van der Waals surface area contributed by atoms with Crippen LogP contribution in [0.5, 0.6) is 0 Å². The highest BCUT2D eigenvalue weighted by molar-refractivity contribution is 7.99. The first-order valence-corrected chi connectivity index (χ1v) is 7.48. The Morgan fingerprint density at radius 2 is 2.00 bits per heavy atom. The molecule has 20 heavy (non-hydrogen) atoms. The Hall–Kier alpha value is -1.69. The Morgan fingerprint density at radius 3 is 2.65 bits per heavy atom. The molecule has 0 saturated carbocycles. The fourth-order valence-corrected chi connectivity index (χ4v) is 2.66. The predicted molar refractivity (Wildman–Crippen MR) is 81.2 cm³/mol. The lowest BCUT2D eigenvalue weighted by Gasteiger charge is -2.11. The zero-order valence-electron chi connectivity index (χ0n) is 12.3. The van der Waals surface area contributed by atoms with Crippen molar-refractivity contribution < 1.29 is 0 Å². The molecular weight excluding hydrogens is 270 g/mol. The summed E-state index contributed by atoms with van der Waals surface area (Å²) in [5.74, 6) is 1.73. The number of hydrogen-bond donors (Lipinski definition) is 1. The molecule has 2 heterocycles. The summed E-state index contributed by atoms with van der Waals surface area (Å²) in [6, 6.07) is 1.89. The third kappa shape index (κ3) is 3.45. The summed E-state index contributed by atoms with van der Waals surface area (Å²) >= 11 is 1.48. The van der Waals surface area contributed by atoms with Crippen LogP contribution in [-0.2, 0) is 6.42 Å². The highest BCUT2D eigenvalue weighted by Gasteiger charge is 2.12. The lowest BCUT2D eigenvalue weighted by molar-refractivity contribution is 0.802. The van der Waals surface area contributed by atoms with Crippen LogP contribution in [0.15, 0.2) is 22.4 Å². The maximum absolute atomic E-state index is 4.63. The van der Waals surface area contributed by atoms with Gasteiger partial charge in [0.05, 0.1) is 0 Å². The maximum Gasteiger partial charge on any atom is 0.194 e. The van der Waals surface area contributed by atoms with Crippen molar-refractivity contribution in [3.05, 3.63) is 29.3 Å². The number of nitrogens with one attached hydrogen (secondary N) is 1. The number of hydrogen-bond acceptors (Lipinski definition) is 6. The van der Waals surface area contributed by atoms with Crippen LogP contribution in [-0.4, -0.2) is 27.0 Å². The van der Waals surface area contributed by atoms with Gasteiger partial charge in [0.25, 0.3) is 0 Å². The number of aryl methyl sites for hydroxylation is 2. The third-order valence-corrected chi connectivity index (χ3v) is 3.79. The van der Waals surface area contributed by atoms with Gasteiger partial charge in [-0.1, -0.05) is 6.92 Å². The summed E-state index contributed by atoms with van der Waals surface area (Å²) in [4.78, 5) is 17.8. The van der Waals surface area contributed by atoms with Crippen LogP contribution in [0.2, 0.25) is 0 Å². The molecule has 2 rings (SSSR count). The molecule has 0 aliphatic rings. The van der Waals surface area contributed by atoms with Crippen molar-refractivity contribution in [3.8, 4) is 0 Å². The normalized spacial score (nSPS) is 10.6. The minimum atomic E-state index is 0.719. The van der Waals surface area contributed by atoms with Crippen molar-refractivity contribution in [2.75, 3.05) is 12.4 Å². The predicted octanol–water partition coefficient (Wildman–Crippen LogP) is 3.03. The van der Waals surface area contributed by atoms with E-state index in [1.165, 1.54) is 11.8 Å². The first-order chi connectivity index (χ1) is 9.63. The number of anilines is 1. The molecule has 106 valence electrons. The van der Waals surface area contributed by atoms with E-state index in [0.29, 0.717) is 0 Å². The molecule has 0 spiro atoms. The zero-order valence-corrected chi connectivity index (χ0v) is 13.1. The van der Waals surface area contributed by atoms with E-state index >= 15 is 0 Å². The van der Waals surface area contributed by atoms with Crippen LogP contribution >= 0.6 is 11.8 Å². The van der Waals surface area contributed by atoms with Gasteiger partial charge in [0.1, 0.15) is 16.7 Å². The monoisotopic (exact) mass is 289 g/mol. The minimum absolute atomic E-state index is 0.719. The van der Waals surface area contributed by atoms with Gasteiger partial charge in [-0.15, -0.1) is 0 Å². The summed E-state index contributed by atoms with van der Waals surface area (Å²) in [5.41, 5.74) is 1.99. The van der Waals surface area contributed by atoms with Gasteiger partial charge in [-0.3, -0.25) is 0 Å². The van der Waals surface area contributed by atoms with Crippen molar-refractivity contribution >= 4 is 17.6 Å². The Balaban J connectivity index is 2.36. The second-order valence-electron chi connectivity index (χ2n) is 4.50. The molecule has 6 heteroatoms. The summed E-state index contributed by atoms with van der Waals surface area (Å²) in [6.07, 6.45) is 3.67. The Bertz CT molecular complexity index is 600. The Labute approximate surface area is 123 Å². The number of rotatable bonds is 5. The van der Waals surface area contributed by atoms with E-state index in [9.17, 15) is 0 Å².